The SMILES string of the molecule is O=C1CCCC=C1N=P(c1ccccc1)(c1ccccc1)c1ccccc1. The normalized spacial score (nSPS) is 14.5. The van der Waals surface area contributed by atoms with Gasteiger partial charge in [-0.05, 0) is 12.8 Å². The van der Waals surface area contributed by atoms with Gasteiger partial charge < -0.3 is 0 Å². The molecule has 0 atom stereocenters. The zero-order valence-corrected chi connectivity index (χ0v) is 16.1. The van der Waals surface area contributed by atoms with E-state index in [1.165, 1.54) is 15.9 Å². The molecule has 0 radical (unpaired) electrons. The van der Waals surface area contributed by atoms with Crippen molar-refractivity contribution in [1.82, 2.24) is 0 Å². The van der Waals surface area contributed by atoms with E-state index in [1.807, 2.05) is 24.3 Å². The quantitative estimate of drug-likeness (QED) is 0.606. The Morgan fingerprint density at radius 2 is 1.11 bits per heavy atom. The van der Waals surface area contributed by atoms with Crippen LogP contribution in [0.2, 0.25) is 0 Å². The lowest BCUT2D eigenvalue weighted by Gasteiger charge is -2.27. The van der Waals surface area contributed by atoms with E-state index >= 15 is 0 Å². The molecule has 0 amide bonds. The van der Waals surface area contributed by atoms with Gasteiger partial charge in [0.2, 0.25) is 0 Å². The van der Waals surface area contributed by atoms with Crippen molar-refractivity contribution < 1.29 is 4.79 Å². The first-order chi connectivity index (χ1) is 13.3. The Bertz CT molecular complexity index is 905. The van der Waals surface area contributed by atoms with Crippen molar-refractivity contribution in [2.75, 3.05) is 0 Å². The van der Waals surface area contributed by atoms with Gasteiger partial charge >= 0.3 is 0 Å². The summed E-state index contributed by atoms with van der Waals surface area (Å²) in [5, 5.41) is 3.50. The summed E-state index contributed by atoms with van der Waals surface area (Å²) in [6, 6.07) is 31.3. The fraction of sp³-hybridized carbons (Fsp3) is 0.125. The summed E-state index contributed by atoms with van der Waals surface area (Å²) in [5.41, 5.74) is 0.645. The van der Waals surface area contributed by atoms with Gasteiger partial charge in [0, 0.05) is 22.3 Å². The van der Waals surface area contributed by atoms with Crippen molar-refractivity contribution in [1.29, 1.82) is 0 Å². The highest BCUT2D eigenvalue weighted by molar-refractivity contribution is 7.87. The van der Waals surface area contributed by atoms with Crippen LogP contribution in [-0.4, -0.2) is 5.78 Å². The smallest absolute Gasteiger partial charge is 0.180 e. The number of hydrogen-bond donors (Lipinski definition) is 0. The largest absolute Gasteiger partial charge is 0.292 e. The minimum Gasteiger partial charge on any atom is -0.292 e. The zero-order chi connectivity index (χ0) is 18.5. The van der Waals surface area contributed by atoms with Crippen LogP contribution in [0.5, 0.6) is 0 Å². The molecule has 1 aliphatic rings. The molecule has 1 aliphatic carbocycles. The van der Waals surface area contributed by atoms with Gasteiger partial charge in [-0.2, -0.15) is 0 Å². The Kier molecular flexibility index (Phi) is 5.18. The lowest BCUT2D eigenvalue weighted by molar-refractivity contribution is -0.116. The average Bonchev–Trinajstić information content (AvgIpc) is 2.75. The second kappa shape index (κ2) is 7.90. The molecule has 27 heavy (non-hydrogen) atoms. The Morgan fingerprint density at radius 1 is 0.667 bits per heavy atom. The number of Topliss-reactive ketones (excluding diaryl/α,β-unsaturated/α-hetero) is 1. The van der Waals surface area contributed by atoms with Crippen molar-refractivity contribution in [3.05, 3.63) is 103 Å². The monoisotopic (exact) mass is 371 g/mol. The number of allylic oxidation sites excluding steroid dienone is 2. The van der Waals surface area contributed by atoms with Gasteiger partial charge in [-0.1, -0.05) is 97.1 Å². The maximum Gasteiger partial charge on any atom is 0.180 e. The van der Waals surface area contributed by atoms with E-state index < -0.39 is 7.05 Å². The third-order valence-corrected chi connectivity index (χ3v) is 8.53. The first-order valence-electron chi connectivity index (χ1n) is 9.33. The lowest BCUT2D eigenvalue weighted by Crippen LogP contribution is -2.26. The van der Waals surface area contributed by atoms with E-state index in [1.54, 1.807) is 0 Å². The predicted octanol–water partition coefficient (Wildman–Crippen LogP) is 4.80. The highest BCUT2D eigenvalue weighted by atomic mass is 31.2. The molecule has 0 saturated carbocycles. The van der Waals surface area contributed by atoms with Crippen LogP contribution in [0.4, 0.5) is 0 Å². The highest BCUT2D eigenvalue weighted by Crippen LogP contribution is 2.48. The van der Waals surface area contributed by atoms with E-state index in [0.29, 0.717) is 12.1 Å². The fourth-order valence-corrected chi connectivity index (χ4v) is 7.12. The first-order valence-corrected chi connectivity index (χ1v) is 11.1. The number of carbonyl (C=O) groups is 1. The summed E-state index contributed by atoms with van der Waals surface area (Å²) in [6.07, 6.45) is 4.46. The maximum absolute atomic E-state index is 12.6. The van der Waals surface area contributed by atoms with Crippen LogP contribution in [0, 0.1) is 0 Å². The molecule has 0 aliphatic heterocycles. The van der Waals surface area contributed by atoms with Gasteiger partial charge in [-0.25, -0.2) is 0 Å². The molecule has 0 spiro atoms. The molecule has 0 N–H and O–H groups in total. The van der Waals surface area contributed by atoms with E-state index in [2.05, 4.69) is 72.8 Å². The Labute approximate surface area is 160 Å². The molecule has 4 rings (SSSR count). The highest BCUT2D eigenvalue weighted by Gasteiger charge is 2.29. The standard InChI is InChI=1S/C24H22NOP/c26-24-19-11-10-18-23(24)25-27(20-12-4-1-5-13-20,21-14-6-2-7-15-21)22-16-8-3-9-17-22/h1-9,12-18H,10-11,19H2. The Hall–Kier alpha value is -2.70. The van der Waals surface area contributed by atoms with Gasteiger partial charge in [0.05, 0.1) is 7.05 Å². The first kappa shape index (κ1) is 17.7. The van der Waals surface area contributed by atoms with Crippen LogP contribution in [0.3, 0.4) is 0 Å². The summed E-state index contributed by atoms with van der Waals surface area (Å²) < 4.78 is 5.28. The molecule has 0 unspecified atom stereocenters. The Morgan fingerprint density at radius 3 is 1.52 bits per heavy atom. The third kappa shape index (κ3) is 3.46. The summed E-state index contributed by atoms with van der Waals surface area (Å²) in [5.74, 6) is 0.161. The summed E-state index contributed by atoms with van der Waals surface area (Å²) in [6.45, 7) is 0. The molecule has 0 saturated heterocycles. The number of hydrogen-bond acceptors (Lipinski definition) is 2. The van der Waals surface area contributed by atoms with Crippen molar-refractivity contribution in [2.45, 2.75) is 19.3 Å². The van der Waals surface area contributed by atoms with Gasteiger partial charge in [-0.15, -0.1) is 0 Å². The van der Waals surface area contributed by atoms with Crippen LogP contribution >= 0.6 is 7.05 Å². The molecule has 3 aromatic rings. The molecule has 0 bridgehead atoms. The van der Waals surface area contributed by atoms with Crippen molar-refractivity contribution in [3.8, 4) is 0 Å². The van der Waals surface area contributed by atoms with Gasteiger partial charge in [0.15, 0.2) is 5.78 Å². The zero-order valence-electron chi connectivity index (χ0n) is 15.2. The van der Waals surface area contributed by atoms with Crippen LogP contribution in [0.25, 0.3) is 0 Å². The molecular weight excluding hydrogens is 349 g/mol. The number of nitrogens with zero attached hydrogens (tertiary/aromatic N) is 1. The van der Waals surface area contributed by atoms with E-state index in [0.717, 1.165) is 12.8 Å². The molecule has 2 nitrogen and oxygen atoms in total. The number of rotatable bonds is 4. The second-order valence-corrected chi connectivity index (χ2v) is 9.67. The van der Waals surface area contributed by atoms with Crippen LogP contribution in [-0.2, 0) is 4.79 Å². The van der Waals surface area contributed by atoms with Crippen LogP contribution in [0.15, 0.2) is 108 Å². The second-order valence-electron chi connectivity index (χ2n) is 6.65. The lowest BCUT2D eigenvalue weighted by atomic mass is 10.0. The van der Waals surface area contributed by atoms with E-state index in [9.17, 15) is 4.79 Å². The molecule has 0 aromatic heterocycles. The molecule has 3 aromatic carbocycles. The molecule has 3 heteroatoms. The topological polar surface area (TPSA) is 29.4 Å². The molecule has 0 fully saturated rings. The van der Waals surface area contributed by atoms with Crippen LogP contribution in [0.1, 0.15) is 19.3 Å². The van der Waals surface area contributed by atoms with Crippen LogP contribution < -0.4 is 15.9 Å². The third-order valence-electron chi connectivity index (χ3n) is 4.88. The van der Waals surface area contributed by atoms with Crippen molar-refractivity contribution >= 4 is 28.8 Å². The van der Waals surface area contributed by atoms with Crippen molar-refractivity contribution in [2.24, 2.45) is 4.74 Å². The number of benzene rings is 3. The maximum atomic E-state index is 12.6. The Balaban J connectivity index is 2.10. The summed E-state index contributed by atoms with van der Waals surface area (Å²) in [7, 11) is -2.32. The molecule has 0 heterocycles. The summed E-state index contributed by atoms with van der Waals surface area (Å²) in [4.78, 5) is 12.6. The fourth-order valence-electron chi connectivity index (χ4n) is 3.55. The molecular formula is C24H22NOP. The predicted molar refractivity (Wildman–Crippen MR) is 115 cm³/mol. The average molecular weight is 371 g/mol. The minimum absolute atomic E-state index is 0.161. The number of ketones is 1. The minimum atomic E-state index is -2.32. The van der Waals surface area contributed by atoms with Gasteiger partial charge in [-0.3, -0.25) is 9.54 Å². The van der Waals surface area contributed by atoms with Crippen molar-refractivity contribution in [3.63, 3.8) is 0 Å². The van der Waals surface area contributed by atoms with Gasteiger partial charge in [0.25, 0.3) is 0 Å². The van der Waals surface area contributed by atoms with E-state index in [4.69, 9.17) is 4.74 Å². The van der Waals surface area contributed by atoms with Gasteiger partial charge in [0.1, 0.15) is 5.70 Å². The molecule has 134 valence electrons. The number of carbonyl (C=O) groups excluding carboxylic acids is 1. The van der Waals surface area contributed by atoms with E-state index in [-0.39, 0.29) is 5.78 Å². The summed E-state index contributed by atoms with van der Waals surface area (Å²) >= 11 is 0.